The molecule has 1 heterocycles. The van der Waals surface area contributed by atoms with Gasteiger partial charge in [-0.05, 0) is 56.8 Å². The standard InChI is InChI=1S/C15H20N2O/c1-12(2)18-15-7-5-14(6-8-15)17-11-3-4-13(17)9-10-16/h3-8,11-12H,9-10,16H2,1-2H3. The number of nitrogens with two attached hydrogens (primary N) is 1. The van der Waals surface area contributed by atoms with Gasteiger partial charge >= 0.3 is 0 Å². The molecule has 2 rings (SSSR count). The van der Waals surface area contributed by atoms with E-state index in [9.17, 15) is 0 Å². The van der Waals surface area contributed by atoms with Crippen LogP contribution in [-0.4, -0.2) is 17.2 Å². The topological polar surface area (TPSA) is 40.2 Å². The molecule has 0 bridgehead atoms. The Kier molecular flexibility index (Phi) is 4.05. The molecule has 0 atom stereocenters. The van der Waals surface area contributed by atoms with Gasteiger partial charge in [-0.3, -0.25) is 0 Å². The van der Waals surface area contributed by atoms with Crippen molar-refractivity contribution in [1.29, 1.82) is 0 Å². The van der Waals surface area contributed by atoms with Gasteiger partial charge in [-0.15, -0.1) is 0 Å². The summed E-state index contributed by atoms with van der Waals surface area (Å²) in [5.41, 5.74) is 7.98. The predicted octanol–water partition coefficient (Wildman–Crippen LogP) is 2.77. The smallest absolute Gasteiger partial charge is 0.119 e. The summed E-state index contributed by atoms with van der Waals surface area (Å²) in [5.74, 6) is 0.904. The van der Waals surface area contributed by atoms with Crippen molar-refractivity contribution in [3.63, 3.8) is 0 Å². The number of nitrogens with zero attached hydrogens (tertiary/aromatic N) is 1. The first-order chi connectivity index (χ1) is 8.70. The Bertz CT molecular complexity index is 485. The van der Waals surface area contributed by atoms with Crippen molar-refractivity contribution in [2.75, 3.05) is 6.54 Å². The van der Waals surface area contributed by atoms with Crippen molar-refractivity contribution in [2.45, 2.75) is 26.4 Å². The van der Waals surface area contributed by atoms with E-state index in [-0.39, 0.29) is 6.10 Å². The normalized spacial score (nSPS) is 10.9. The molecule has 18 heavy (non-hydrogen) atoms. The van der Waals surface area contributed by atoms with Crippen LogP contribution in [-0.2, 0) is 6.42 Å². The highest BCUT2D eigenvalue weighted by atomic mass is 16.5. The summed E-state index contributed by atoms with van der Waals surface area (Å²) >= 11 is 0. The van der Waals surface area contributed by atoms with Crippen molar-refractivity contribution < 1.29 is 4.74 Å². The van der Waals surface area contributed by atoms with Crippen LogP contribution in [0, 0.1) is 0 Å². The van der Waals surface area contributed by atoms with Crippen molar-refractivity contribution in [1.82, 2.24) is 4.57 Å². The van der Waals surface area contributed by atoms with E-state index in [0.717, 1.165) is 17.9 Å². The predicted molar refractivity (Wildman–Crippen MR) is 74.3 cm³/mol. The van der Waals surface area contributed by atoms with Crippen LogP contribution in [0.4, 0.5) is 0 Å². The fourth-order valence-electron chi connectivity index (χ4n) is 1.98. The molecule has 0 aliphatic carbocycles. The van der Waals surface area contributed by atoms with Gasteiger partial charge < -0.3 is 15.0 Å². The summed E-state index contributed by atoms with van der Waals surface area (Å²) in [6, 6.07) is 12.3. The van der Waals surface area contributed by atoms with E-state index < -0.39 is 0 Å². The lowest BCUT2D eigenvalue weighted by molar-refractivity contribution is 0.242. The Balaban J connectivity index is 2.20. The highest BCUT2D eigenvalue weighted by Gasteiger charge is 2.03. The molecular formula is C15H20N2O. The molecule has 0 amide bonds. The highest BCUT2D eigenvalue weighted by Crippen LogP contribution is 2.18. The second kappa shape index (κ2) is 5.74. The first kappa shape index (κ1) is 12.7. The third-order valence-electron chi connectivity index (χ3n) is 2.72. The zero-order chi connectivity index (χ0) is 13.0. The van der Waals surface area contributed by atoms with Crippen LogP contribution in [0.15, 0.2) is 42.6 Å². The van der Waals surface area contributed by atoms with Gasteiger partial charge in [0.1, 0.15) is 5.75 Å². The van der Waals surface area contributed by atoms with E-state index in [1.807, 2.05) is 32.0 Å². The third kappa shape index (κ3) is 2.93. The van der Waals surface area contributed by atoms with Gasteiger partial charge in [0.2, 0.25) is 0 Å². The van der Waals surface area contributed by atoms with Crippen LogP contribution in [0.25, 0.3) is 5.69 Å². The summed E-state index contributed by atoms with van der Waals surface area (Å²) in [6.07, 6.45) is 3.15. The number of benzene rings is 1. The minimum atomic E-state index is 0.204. The Hall–Kier alpha value is -1.74. The quantitative estimate of drug-likeness (QED) is 0.878. The van der Waals surface area contributed by atoms with E-state index in [1.165, 1.54) is 5.69 Å². The number of hydrogen-bond donors (Lipinski definition) is 1. The first-order valence-electron chi connectivity index (χ1n) is 6.34. The number of ether oxygens (including phenoxy) is 1. The Labute approximate surface area is 108 Å². The molecule has 3 heteroatoms. The Morgan fingerprint density at radius 3 is 2.50 bits per heavy atom. The molecule has 0 fully saturated rings. The third-order valence-corrected chi connectivity index (χ3v) is 2.72. The zero-order valence-corrected chi connectivity index (χ0v) is 11.0. The van der Waals surface area contributed by atoms with Gasteiger partial charge in [-0.1, -0.05) is 0 Å². The van der Waals surface area contributed by atoms with Crippen LogP contribution in [0.2, 0.25) is 0 Å². The van der Waals surface area contributed by atoms with Gasteiger partial charge in [0.15, 0.2) is 0 Å². The zero-order valence-electron chi connectivity index (χ0n) is 11.0. The molecule has 0 saturated carbocycles. The number of hydrogen-bond acceptors (Lipinski definition) is 2. The second-order valence-corrected chi connectivity index (χ2v) is 4.57. The van der Waals surface area contributed by atoms with Crippen molar-refractivity contribution in [3.05, 3.63) is 48.3 Å². The highest BCUT2D eigenvalue weighted by molar-refractivity contribution is 5.39. The summed E-state index contributed by atoms with van der Waals surface area (Å²) in [5, 5.41) is 0. The summed E-state index contributed by atoms with van der Waals surface area (Å²) < 4.78 is 7.79. The second-order valence-electron chi connectivity index (χ2n) is 4.57. The van der Waals surface area contributed by atoms with Gasteiger partial charge in [0.25, 0.3) is 0 Å². The van der Waals surface area contributed by atoms with Crippen molar-refractivity contribution in [3.8, 4) is 11.4 Å². The molecule has 0 radical (unpaired) electrons. The maximum atomic E-state index is 5.64. The molecule has 0 spiro atoms. The molecule has 1 aromatic carbocycles. The van der Waals surface area contributed by atoms with Crippen molar-refractivity contribution in [2.24, 2.45) is 5.73 Å². The SMILES string of the molecule is CC(C)Oc1ccc(-n2cccc2CCN)cc1. The molecular weight excluding hydrogens is 224 g/mol. The lowest BCUT2D eigenvalue weighted by atomic mass is 10.2. The van der Waals surface area contributed by atoms with Crippen molar-refractivity contribution >= 4 is 0 Å². The maximum absolute atomic E-state index is 5.64. The van der Waals surface area contributed by atoms with Crippen LogP contribution in [0.3, 0.4) is 0 Å². The van der Waals surface area contributed by atoms with Crippen LogP contribution < -0.4 is 10.5 Å². The lowest BCUT2D eigenvalue weighted by Crippen LogP contribution is -2.08. The average molecular weight is 244 g/mol. The number of rotatable bonds is 5. The largest absolute Gasteiger partial charge is 0.491 e. The minimum absolute atomic E-state index is 0.204. The van der Waals surface area contributed by atoms with E-state index >= 15 is 0 Å². The summed E-state index contributed by atoms with van der Waals surface area (Å²) in [7, 11) is 0. The fourth-order valence-corrected chi connectivity index (χ4v) is 1.98. The fraction of sp³-hybridized carbons (Fsp3) is 0.333. The van der Waals surface area contributed by atoms with Gasteiger partial charge in [0.05, 0.1) is 6.10 Å². The van der Waals surface area contributed by atoms with Crippen LogP contribution in [0.5, 0.6) is 5.75 Å². The van der Waals surface area contributed by atoms with Crippen LogP contribution >= 0.6 is 0 Å². The summed E-state index contributed by atoms with van der Waals surface area (Å²) in [6.45, 7) is 4.72. The monoisotopic (exact) mass is 244 g/mol. The molecule has 2 aromatic rings. The molecule has 3 nitrogen and oxygen atoms in total. The Morgan fingerprint density at radius 2 is 1.89 bits per heavy atom. The molecule has 2 N–H and O–H groups in total. The lowest BCUT2D eigenvalue weighted by Gasteiger charge is -2.12. The van der Waals surface area contributed by atoms with Gasteiger partial charge in [-0.25, -0.2) is 0 Å². The molecule has 1 aromatic heterocycles. The molecule has 96 valence electrons. The average Bonchev–Trinajstić information content (AvgIpc) is 2.78. The molecule has 0 saturated heterocycles. The maximum Gasteiger partial charge on any atom is 0.119 e. The minimum Gasteiger partial charge on any atom is -0.491 e. The van der Waals surface area contributed by atoms with E-state index in [2.05, 4.69) is 29.0 Å². The van der Waals surface area contributed by atoms with E-state index in [0.29, 0.717) is 6.54 Å². The van der Waals surface area contributed by atoms with Gasteiger partial charge in [0, 0.05) is 24.0 Å². The van der Waals surface area contributed by atoms with E-state index in [1.54, 1.807) is 0 Å². The van der Waals surface area contributed by atoms with Crippen LogP contribution in [0.1, 0.15) is 19.5 Å². The van der Waals surface area contributed by atoms with E-state index in [4.69, 9.17) is 10.5 Å². The molecule has 0 unspecified atom stereocenters. The Morgan fingerprint density at radius 1 is 1.17 bits per heavy atom. The first-order valence-corrected chi connectivity index (χ1v) is 6.34. The summed E-state index contributed by atoms with van der Waals surface area (Å²) in [4.78, 5) is 0. The molecule has 0 aliphatic rings. The number of aromatic nitrogens is 1. The molecule has 0 aliphatic heterocycles. The van der Waals surface area contributed by atoms with Gasteiger partial charge in [-0.2, -0.15) is 0 Å².